The summed E-state index contributed by atoms with van der Waals surface area (Å²) in [6.45, 7) is 7.19. The van der Waals surface area contributed by atoms with E-state index in [1.807, 2.05) is 0 Å². The third-order valence-electron chi connectivity index (χ3n) is 5.06. The summed E-state index contributed by atoms with van der Waals surface area (Å²) in [6, 6.07) is 7.01. The van der Waals surface area contributed by atoms with E-state index < -0.39 is 0 Å². The Labute approximate surface area is 105 Å². The zero-order valence-corrected chi connectivity index (χ0v) is 11.4. The minimum atomic E-state index is 0.779. The first-order valence-corrected chi connectivity index (χ1v) is 7.28. The van der Waals surface area contributed by atoms with Gasteiger partial charge in [-0.3, -0.25) is 0 Å². The molecule has 2 aliphatic carbocycles. The Hall–Kier alpha value is -0.780. The highest BCUT2D eigenvalue weighted by atomic mass is 14.4. The first-order chi connectivity index (χ1) is 8.18. The SMILES string of the molecule is Cc1c(C(C)C2CC2)cccc1C(C)C1CC1. The summed E-state index contributed by atoms with van der Waals surface area (Å²) in [5.41, 5.74) is 4.83. The monoisotopic (exact) mass is 228 g/mol. The Bertz CT molecular complexity index is 374. The Balaban J connectivity index is 1.91. The second-order valence-electron chi connectivity index (χ2n) is 6.31. The topological polar surface area (TPSA) is 0 Å². The van der Waals surface area contributed by atoms with Gasteiger partial charge in [0.25, 0.3) is 0 Å². The summed E-state index contributed by atoms with van der Waals surface area (Å²) in [4.78, 5) is 0. The van der Waals surface area contributed by atoms with Crippen LogP contribution in [0.5, 0.6) is 0 Å². The van der Waals surface area contributed by atoms with Gasteiger partial charge < -0.3 is 0 Å². The average molecular weight is 228 g/mol. The van der Waals surface area contributed by atoms with Gasteiger partial charge in [-0.2, -0.15) is 0 Å². The molecular weight excluding hydrogens is 204 g/mol. The van der Waals surface area contributed by atoms with Gasteiger partial charge in [-0.15, -0.1) is 0 Å². The molecule has 1 aromatic carbocycles. The maximum Gasteiger partial charge on any atom is -0.0159 e. The number of rotatable bonds is 4. The largest absolute Gasteiger partial charge is 0.0617 e. The van der Waals surface area contributed by atoms with Gasteiger partial charge in [0.15, 0.2) is 0 Å². The van der Waals surface area contributed by atoms with Gasteiger partial charge in [-0.25, -0.2) is 0 Å². The van der Waals surface area contributed by atoms with Crippen LogP contribution in [0.25, 0.3) is 0 Å². The van der Waals surface area contributed by atoms with E-state index in [1.165, 1.54) is 25.7 Å². The van der Waals surface area contributed by atoms with Crippen LogP contribution in [-0.2, 0) is 0 Å². The Morgan fingerprint density at radius 3 is 1.65 bits per heavy atom. The van der Waals surface area contributed by atoms with Crippen LogP contribution >= 0.6 is 0 Å². The van der Waals surface area contributed by atoms with E-state index in [4.69, 9.17) is 0 Å². The summed E-state index contributed by atoms with van der Waals surface area (Å²) in [5, 5.41) is 0. The Kier molecular flexibility index (Phi) is 2.77. The molecule has 0 aromatic heterocycles. The van der Waals surface area contributed by atoms with Gasteiger partial charge >= 0.3 is 0 Å². The number of hydrogen-bond acceptors (Lipinski definition) is 0. The standard InChI is InChI=1S/C17H24/c1-11(14-7-8-14)16-5-4-6-17(13(16)3)12(2)15-9-10-15/h4-6,11-12,14-15H,7-10H2,1-3H3. The molecule has 17 heavy (non-hydrogen) atoms. The van der Waals surface area contributed by atoms with Crippen molar-refractivity contribution in [3.8, 4) is 0 Å². The molecule has 0 bridgehead atoms. The van der Waals surface area contributed by atoms with Gasteiger partial charge in [0, 0.05) is 0 Å². The maximum absolute atomic E-state index is 2.42. The lowest BCUT2D eigenvalue weighted by Crippen LogP contribution is -2.05. The highest BCUT2D eigenvalue weighted by molar-refractivity contribution is 5.39. The van der Waals surface area contributed by atoms with Crippen LogP contribution in [0.4, 0.5) is 0 Å². The van der Waals surface area contributed by atoms with Crippen molar-refractivity contribution in [2.45, 2.75) is 58.3 Å². The van der Waals surface area contributed by atoms with Crippen LogP contribution in [0.15, 0.2) is 18.2 Å². The first kappa shape index (κ1) is 11.3. The van der Waals surface area contributed by atoms with E-state index in [-0.39, 0.29) is 0 Å². The Morgan fingerprint density at radius 1 is 0.882 bits per heavy atom. The molecule has 0 spiro atoms. The molecule has 0 radical (unpaired) electrons. The van der Waals surface area contributed by atoms with Crippen LogP contribution in [-0.4, -0.2) is 0 Å². The van der Waals surface area contributed by atoms with Crippen molar-refractivity contribution < 1.29 is 0 Å². The summed E-state index contributed by atoms with van der Waals surface area (Å²) in [7, 11) is 0. The molecule has 0 N–H and O–H groups in total. The zero-order valence-electron chi connectivity index (χ0n) is 11.4. The molecule has 2 fully saturated rings. The molecular formula is C17H24. The molecule has 92 valence electrons. The van der Waals surface area contributed by atoms with Crippen molar-refractivity contribution in [1.82, 2.24) is 0 Å². The fourth-order valence-electron chi connectivity index (χ4n) is 3.36. The fourth-order valence-corrected chi connectivity index (χ4v) is 3.36. The Morgan fingerprint density at radius 2 is 1.29 bits per heavy atom. The van der Waals surface area contributed by atoms with E-state index in [0.717, 1.165) is 23.7 Å². The third-order valence-corrected chi connectivity index (χ3v) is 5.06. The van der Waals surface area contributed by atoms with Crippen LogP contribution in [0.2, 0.25) is 0 Å². The summed E-state index contributed by atoms with van der Waals surface area (Å²) >= 11 is 0. The molecule has 0 saturated heterocycles. The highest BCUT2D eigenvalue weighted by Crippen LogP contribution is 2.46. The first-order valence-electron chi connectivity index (χ1n) is 7.28. The molecule has 2 atom stereocenters. The van der Waals surface area contributed by atoms with E-state index in [1.54, 1.807) is 16.7 Å². The van der Waals surface area contributed by atoms with Crippen LogP contribution in [0, 0.1) is 18.8 Å². The fraction of sp³-hybridized carbons (Fsp3) is 0.647. The molecule has 2 aliphatic rings. The summed E-state index contributed by atoms with van der Waals surface area (Å²) < 4.78 is 0. The summed E-state index contributed by atoms with van der Waals surface area (Å²) in [5.74, 6) is 3.50. The molecule has 0 heteroatoms. The van der Waals surface area contributed by atoms with Crippen LogP contribution in [0.1, 0.15) is 68.1 Å². The molecule has 2 saturated carbocycles. The molecule has 0 heterocycles. The lowest BCUT2D eigenvalue weighted by atomic mass is 9.85. The van der Waals surface area contributed by atoms with Crippen LogP contribution < -0.4 is 0 Å². The average Bonchev–Trinajstić information content (AvgIpc) is 3.20. The third kappa shape index (κ3) is 2.14. The minimum absolute atomic E-state index is 0.779. The molecule has 1 aromatic rings. The highest BCUT2D eigenvalue weighted by Gasteiger charge is 2.32. The second kappa shape index (κ2) is 4.15. The molecule has 2 unspecified atom stereocenters. The predicted octanol–water partition coefficient (Wildman–Crippen LogP) is 5.02. The van der Waals surface area contributed by atoms with Gasteiger partial charge in [0.05, 0.1) is 0 Å². The maximum atomic E-state index is 2.42. The lowest BCUT2D eigenvalue weighted by Gasteiger charge is -2.20. The minimum Gasteiger partial charge on any atom is -0.0617 e. The number of benzene rings is 1. The quantitative estimate of drug-likeness (QED) is 0.678. The lowest BCUT2D eigenvalue weighted by molar-refractivity contribution is 0.637. The zero-order chi connectivity index (χ0) is 12.0. The van der Waals surface area contributed by atoms with Gasteiger partial charge in [0.2, 0.25) is 0 Å². The summed E-state index contributed by atoms with van der Waals surface area (Å²) in [6.07, 6.45) is 5.79. The van der Waals surface area contributed by atoms with Crippen LogP contribution in [0.3, 0.4) is 0 Å². The van der Waals surface area contributed by atoms with Crippen molar-refractivity contribution in [1.29, 1.82) is 0 Å². The van der Waals surface area contributed by atoms with E-state index >= 15 is 0 Å². The van der Waals surface area contributed by atoms with E-state index in [0.29, 0.717) is 0 Å². The van der Waals surface area contributed by atoms with Gasteiger partial charge in [-0.1, -0.05) is 32.0 Å². The van der Waals surface area contributed by atoms with Gasteiger partial charge in [-0.05, 0) is 73.0 Å². The normalized spacial score (nSPS) is 23.5. The van der Waals surface area contributed by atoms with E-state index in [2.05, 4.69) is 39.0 Å². The van der Waals surface area contributed by atoms with E-state index in [9.17, 15) is 0 Å². The van der Waals surface area contributed by atoms with Crippen molar-refractivity contribution >= 4 is 0 Å². The number of hydrogen-bond donors (Lipinski definition) is 0. The molecule has 0 amide bonds. The van der Waals surface area contributed by atoms with Crippen molar-refractivity contribution in [2.24, 2.45) is 11.8 Å². The van der Waals surface area contributed by atoms with Crippen molar-refractivity contribution in [3.63, 3.8) is 0 Å². The van der Waals surface area contributed by atoms with Crippen molar-refractivity contribution in [2.75, 3.05) is 0 Å². The predicted molar refractivity (Wildman–Crippen MR) is 73.5 cm³/mol. The molecule has 0 aliphatic heterocycles. The molecule has 0 nitrogen and oxygen atoms in total. The smallest absolute Gasteiger partial charge is 0.0159 e. The van der Waals surface area contributed by atoms with Crippen molar-refractivity contribution in [3.05, 3.63) is 34.9 Å². The second-order valence-corrected chi connectivity index (χ2v) is 6.31. The van der Waals surface area contributed by atoms with Gasteiger partial charge in [0.1, 0.15) is 0 Å². The molecule has 3 rings (SSSR count).